The Hall–Kier alpha value is -3.66. The standard InChI is InChI=1S/C17H12FN5O3S/c18-11-1-3-12(4-2-11)23-16(26)13(15(25)21-17(23)27)9-20-22-14(24)10-5-7-19-8-6-10/h1-9,26H,(H,22,24)(H,21,25,27). The number of carbonyl (C=O) groups excluding carboxylic acids is 1. The predicted octanol–water partition coefficient (Wildman–Crippen LogP) is 1.90. The van der Waals surface area contributed by atoms with Gasteiger partial charge in [-0.25, -0.2) is 9.82 Å². The molecule has 0 aliphatic carbocycles. The van der Waals surface area contributed by atoms with Gasteiger partial charge in [-0.1, -0.05) is 0 Å². The molecule has 0 fully saturated rings. The molecule has 27 heavy (non-hydrogen) atoms. The van der Waals surface area contributed by atoms with Crippen LogP contribution >= 0.6 is 12.2 Å². The van der Waals surface area contributed by atoms with Crippen LogP contribution in [0.2, 0.25) is 0 Å². The van der Waals surface area contributed by atoms with Gasteiger partial charge in [0, 0.05) is 18.0 Å². The van der Waals surface area contributed by atoms with Crippen LogP contribution < -0.4 is 11.0 Å². The largest absolute Gasteiger partial charge is 0.494 e. The fourth-order valence-electron chi connectivity index (χ4n) is 2.21. The topological polar surface area (TPSA) is 112 Å². The number of pyridine rings is 1. The van der Waals surface area contributed by atoms with Gasteiger partial charge < -0.3 is 5.11 Å². The third-order valence-corrected chi connectivity index (χ3v) is 3.79. The molecule has 0 unspecified atom stereocenters. The zero-order chi connectivity index (χ0) is 19.4. The first-order valence-electron chi connectivity index (χ1n) is 7.55. The average molecular weight is 385 g/mol. The van der Waals surface area contributed by atoms with Crippen molar-refractivity contribution in [2.45, 2.75) is 0 Å². The molecule has 2 heterocycles. The number of hydrazone groups is 1. The number of nitrogens with one attached hydrogen (secondary N) is 2. The van der Waals surface area contributed by atoms with Crippen LogP contribution in [-0.4, -0.2) is 31.8 Å². The molecule has 136 valence electrons. The summed E-state index contributed by atoms with van der Waals surface area (Å²) in [5, 5.41) is 14.1. The molecule has 1 aromatic carbocycles. The highest BCUT2D eigenvalue weighted by Gasteiger charge is 2.13. The number of nitrogens with zero attached hydrogens (tertiary/aromatic N) is 3. The number of hydrogen-bond acceptors (Lipinski definition) is 6. The van der Waals surface area contributed by atoms with Crippen LogP contribution in [0.4, 0.5) is 4.39 Å². The number of H-pyrrole nitrogens is 1. The van der Waals surface area contributed by atoms with Crippen molar-refractivity contribution in [2.24, 2.45) is 5.10 Å². The molecule has 0 aliphatic heterocycles. The molecule has 3 N–H and O–H groups in total. The Morgan fingerprint density at radius 1 is 1.26 bits per heavy atom. The average Bonchev–Trinajstić information content (AvgIpc) is 2.66. The maximum absolute atomic E-state index is 13.1. The highest BCUT2D eigenvalue weighted by atomic mass is 32.1. The molecule has 0 bridgehead atoms. The number of aromatic nitrogens is 3. The van der Waals surface area contributed by atoms with Crippen molar-refractivity contribution < 1.29 is 14.3 Å². The quantitative estimate of drug-likeness (QED) is 0.361. The molecule has 3 rings (SSSR count). The summed E-state index contributed by atoms with van der Waals surface area (Å²) in [6, 6.07) is 8.12. The summed E-state index contributed by atoms with van der Waals surface area (Å²) in [6.45, 7) is 0. The lowest BCUT2D eigenvalue weighted by Gasteiger charge is -2.11. The van der Waals surface area contributed by atoms with E-state index in [9.17, 15) is 19.1 Å². The van der Waals surface area contributed by atoms with E-state index in [-0.39, 0.29) is 10.3 Å². The van der Waals surface area contributed by atoms with E-state index in [4.69, 9.17) is 12.2 Å². The number of aromatic amines is 1. The summed E-state index contributed by atoms with van der Waals surface area (Å²) in [5.41, 5.74) is 1.97. The van der Waals surface area contributed by atoms with Crippen molar-refractivity contribution in [1.82, 2.24) is 20.0 Å². The minimum Gasteiger partial charge on any atom is -0.494 e. The van der Waals surface area contributed by atoms with Gasteiger partial charge in [0.1, 0.15) is 11.4 Å². The van der Waals surface area contributed by atoms with E-state index in [1.54, 1.807) is 0 Å². The van der Waals surface area contributed by atoms with E-state index < -0.39 is 23.2 Å². The van der Waals surface area contributed by atoms with Gasteiger partial charge in [0.2, 0.25) is 5.88 Å². The van der Waals surface area contributed by atoms with Gasteiger partial charge in [-0.05, 0) is 48.6 Å². The molecule has 0 aliphatic rings. The molecule has 0 atom stereocenters. The van der Waals surface area contributed by atoms with Crippen molar-refractivity contribution in [1.29, 1.82) is 0 Å². The van der Waals surface area contributed by atoms with Crippen molar-refractivity contribution in [2.75, 3.05) is 0 Å². The lowest BCUT2D eigenvalue weighted by molar-refractivity contribution is 0.0955. The minimum atomic E-state index is -0.697. The molecule has 0 spiro atoms. The van der Waals surface area contributed by atoms with Crippen LogP contribution in [0.25, 0.3) is 5.69 Å². The molecule has 8 nitrogen and oxygen atoms in total. The fraction of sp³-hybridized carbons (Fsp3) is 0. The van der Waals surface area contributed by atoms with E-state index in [1.165, 1.54) is 48.8 Å². The Morgan fingerprint density at radius 3 is 2.59 bits per heavy atom. The first kappa shape index (κ1) is 18.1. The summed E-state index contributed by atoms with van der Waals surface area (Å²) in [5.74, 6) is -1.48. The maximum atomic E-state index is 13.1. The summed E-state index contributed by atoms with van der Waals surface area (Å²) in [4.78, 5) is 30.2. The molecule has 0 radical (unpaired) electrons. The highest BCUT2D eigenvalue weighted by Crippen LogP contribution is 2.18. The second kappa shape index (κ2) is 7.70. The Labute approximate surface area is 156 Å². The summed E-state index contributed by atoms with van der Waals surface area (Å²) in [7, 11) is 0. The molecular weight excluding hydrogens is 373 g/mol. The third kappa shape index (κ3) is 3.96. The smallest absolute Gasteiger partial charge is 0.271 e. The SMILES string of the molecule is O=C(NN=Cc1c(O)n(-c2ccc(F)cc2)c(=S)[nH]c1=O)c1ccncc1. The fourth-order valence-corrected chi connectivity index (χ4v) is 2.49. The zero-order valence-corrected chi connectivity index (χ0v) is 14.4. The molecule has 0 saturated carbocycles. The normalized spacial score (nSPS) is 10.9. The van der Waals surface area contributed by atoms with Gasteiger partial charge >= 0.3 is 0 Å². The second-order valence-corrected chi connectivity index (χ2v) is 5.63. The Bertz CT molecular complexity index is 1120. The van der Waals surface area contributed by atoms with Crippen LogP contribution in [0.15, 0.2) is 58.7 Å². The van der Waals surface area contributed by atoms with Crippen molar-refractivity contribution in [3.05, 3.63) is 80.9 Å². The van der Waals surface area contributed by atoms with Gasteiger partial charge in [-0.3, -0.25) is 24.1 Å². The van der Waals surface area contributed by atoms with E-state index in [2.05, 4.69) is 20.5 Å². The third-order valence-electron chi connectivity index (χ3n) is 3.51. The Kier molecular flexibility index (Phi) is 5.18. The minimum absolute atomic E-state index is 0.0814. The molecule has 1 amide bonds. The molecule has 3 aromatic rings. The molecule has 0 saturated heterocycles. The number of rotatable bonds is 4. The predicted molar refractivity (Wildman–Crippen MR) is 98.1 cm³/mol. The molecule has 10 heteroatoms. The van der Waals surface area contributed by atoms with Gasteiger partial charge in [0.25, 0.3) is 11.5 Å². The van der Waals surface area contributed by atoms with E-state index in [0.717, 1.165) is 10.8 Å². The first-order valence-corrected chi connectivity index (χ1v) is 7.96. The molecular formula is C17H12FN5O3S. The number of benzene rings is 1. The van der Waals surface area contributed by atoms with Crippen LogP contribution in [0.3, 0.4) is 0 Å². The van der Waals surface area contributed by atoms with Crippen molar-refractivity contribution in [3.8, 4) is 11.6 Å². The number of halogens is 1. The monoisotopic (exact) mass is 385 g/mol. The van der Waals surface area contributed by atoms with Crippen LogP contribution in [0.5, 0.6) is 5.88 Å². The Balaban J connectivity index is 1.93. The second-order valence-electron chi connectivity index (χ2n) is 5.24. The van der Waals surface area contributed by atoms with Crippen LogP contribution in [0.1, 0.15) is 15.9 Å². The highest BCUT2D eigenvalue weighted by molar-refractivity contribution is 7.71. The van der Waals surface area contributed by atoms with E-state index in [0.29, 0.717) is 11.3 Å². The lowest BCUT2D eigenvalue weighted by Crippen LogP contribution is -2.21. The van der Waals surface area contributed by atoms with Crippen LogP contribution in [-0.2, 0) is 0 Å². The van der Waals surface area contributed by atoms with Gasteiger partial charge in [-0.15, -0.1) is 0 Å². The lowest BCUT2D eigenvalue weighted by atomic mass is 10.2. The number of carbonyl (C=O) groups is 1. The number of hydrogen-bond donors (Lipinski definition) is 3. The van der Waals surface area contributed by atoms with Gasteiger partial charge in [-0.2, -0.15) is 5.10 Å². The van der Waals surface area contributed by atoms with Crippen molar-refractivity contribution in [3.63, 3.8) is 0 Å². The summed E-state index contributed by atoms with van der Waals surface area (Å²) in [6.07, 6.45) is 3.88. The number of amides is 1. The number of aromatic hydroxyl groups is 1. The van der Waals surface area contributed by atoms with E-state index in [1.807, 2.05) is 0 Å². The van der Waals surface area contributed by atoms with E-state index >= 15 is 0 Å². The molecule has 2 aromatic heterocycles. The van der Waals surface area contributed by atoms with Crippen LogP contribution in [0, 0.1) is 10.6 Å². The first-order chi connectivity index (χ1) is 13.0. The van der Waals surface area contributed by atoms with Gasteiger partial charge in [0.05, 0.1) is 11.9 Å². The maximum Gasteiger partial charge on any atom is 0.271 e. The van der Waals surface area contributed by atoms with Crippen molar-refractivity contribution >= 4 is 24.3 Å². The summed E-state index contributed by atoms with van der Waals surface area (Å²) < 4.78 is 14.2. The zero-order valence-electron chi connectivity index (χ0n) is 13.6. The Morgan fingerprint density at radius 2 is 1.93 bits per heavy atom. The van der Waals surface area contributed by atoms with Gasteiger partial charge in [0.15, 0.2) is 4.77 Å². The summed E-state index contributed by atoms with van der Waals surface area (Å²) >= 11 is 5.05.